The monoisotopic (exact) mass is 331 g/mol. The summed E-state index contributed by atoms with van der Waals surface area (Å²) in [5.41, 5.74) is 1.61. The average molecular weight is 332 g/mol. The molecular weight excluding hydrogens is 305 g/mol. The van der Waals surface area contributed by atoms with Gasteiger partial charge in [-0.25, -0.2) is 0 Å². The third kappa shape index (κ3) is 5.78. The van der Waals surface area contributed by atoms with Crippen LogP contribution in [0.3, 0.4) is 0 Å². The zero-order chi connectivity index (χ0) is 15.8. The Morgan fingerprint density at radius 2 is 1.67 bits per heavy atom. The Bertz CT molecular complexity index is 429. The Balaban J connectivity index is 2.76. The normalized spacial score (nSPS) is 12.9. The van der Waals surface area contributed by atoms with E-state index in [1.165, 1.54) is 12.8 Å². The highest BCUT2D eigenvalue weighted by Gasteiger charge is 2.17. The van der Waals surface area contributed by atoms with Crippen LogP contribution in [0.4, 0.5) is 0 Å². The first kappa shape index (κ1) is 18.8. The molecule has 1 aromatic carbocycles. The number of hydrogen-bond acceptors (Lipinski definition) is 2. The molecule has 0 aliphatic carbocycles. The largest absolute Gasteiger partial charge is 0.387 e. The molecule has 1 unspecified atom stereocenters. The lowest BCUT2D eigenvalue weighted by Crippen LogP contribution is -2.31. The summed E-state index contributed by atoms with van der Waals surface area (Å²) in [6.45, 7) is 8.94. The molecule has 1 N–H and O–H groups in total. The summed E-state index contributed by atoms with van der Waals surface area (Å²) in [7, 11) is 0. The Labute approximate surface area is 139 Å². The molecule has 0 aromatic heterocycles. The molecule has 0 fully saturated rings. The van der Waals surface area contributed by atoms with Gasteiger partial charge in [-0.2, -0.15) is 0 Å². The van der Waals surface area contributed by atoms with Crippen LogP contribution in [0, 0.1) is 6.92 Å². The second-order valence-corrected chi connectivity index (χ2v) is 6.38. The van der Waals surface area contributed by atoms with Crippen molar-refractivity contribution < 1.29 is 5.11 Å². The zero-order valence-corrected chi connectivity index (χ0v) is 14.8. The molecule has 0 heterocycles. The molecule has 0 spiro atoms. The van der Waals surface area contributed by atoms with Crippen LogP contribution in [-0.2, 0) is 0 Å². The Hall–Kier alpha value is -0.280. The van der Waals surface area contributed by atoms with Crippen molar-refractivity contribution in [1.29, 1.82) is 0 Å². The second kappa shape index (κ2) is 9.68. The number of aliphatic hydroxyl groups is 1. The first-order valence-corrected chi connectivity index (χ1v) is 8.61. The summed E-state index contributed by atoms with van der Waals surface area (Å²) >= 11 is 12.4. The topological polar surface area (TPSA) is 23.5 Å². The van der Waals surface area contributed by atoms with Crippen LogP contribution >= 0.6 is 23.2 Å². The van der Waals surface area contributed by atoms with Gasteiger partial charge < -0.3 is 10.0 Å². The smallest absolute Gasteiger partial charge is 0.0931 e. The first-order chi connectivity index (χ1) is 10.0. The van der Waals surface area contributed by atoms with Crippen LogP contribution in [-0.4, -0.2) is 29.6 Å². The molecule has 0 aliphatic rings. The number of halogens is 2. The maximum atomic E-state index is 10.5. The van der Waals surface area contributed by atoms with Gasteiger partial charge in [-0.1, -0.05) is 56.0 Å². The van der Waals surface area contributed by atoms with Gasteiger partial charge in [0.25, 0.3) is 0 Å². The molecule has 4 heteroatoms. The van der Waals surface area contributed by atoms with Crippen molar-refractivity contribution in [3.63, 3.8) is 0 Å². The molecule has 0 bridgehead atoms. The lowest BCUT2D eigenvalue weighted by atomic mass is 10.1. The van der Waals surface area contributed by atoms with Crippen molar-refractivity contribution in [2.75, 3.05) is 19.6 Å². The minimum absolute atomic E-state index is 0.567. The second-order valence-electron chi connectivity index (χ2n) is 5.60. The van der Waals surface area contributed by atoms with Gasteiger partial charge in [0.05, 0.1) is 11.1 Å². The number of benzene rings is 1. The quantitative estimate of drug-likeness (QED) is 0.669. The van der Waals surface area contributed by atoms with Crippen molar-refractivity contribution in [3.8, 4) is 0 Å². The summed E-state index contributed by atoms with van der Waals surface area (Å²) in [6.07, 6.45) is 4.08. The van der Waals surface area contributed by atoms with Crippen molar-refractivity contribution in [3.05, 3.63) is 33.3 Å². The summed E-state index contributed by atoms with van der Waals surface area (Å²) in [5, 5.41) is 11.7. The molecule has 0 amide bonds. The Kier molecular flexibility index (Phi) is 8.65. The highest BCUT2D eigenvalue weighted by atomic mass is 35.5. The average Bonchev–Trinajstić information content (AvgIpc) is 2.47. The molecular formula is C17H27Cl2NO. The van der Waals surface area contributed by atoms with Crippen LogP contribution in [0.5, 0.6) is 0 Å². The SMILES string of the molecule is CCCCN(CCCC)CC(O)c1ccc(Cl)c(C)c1Cl. The number of nitrogens with zero attached hydrogens (tertiary/aromatic N) is 1. The standard InChI is InChI=1S/C17H27Cl2NO/c1-4-6-10-20(11-7-5-2)12-16(21)14-8-9-15(18)13(3)17(14)19/h8-9,16,21H,4-7,10-12H2,1-3H3. The van der Waals surface area contributed by atoms with Crippen molar-refractivity contribution in [1.82, 2.24) is 4.90 Å². The Morgan fingerprint density at radius 3 is 2.19 bits per heavy atom. The predicted octanol–water partition coefficient (Wildman–Crippen LogP) is 5.24. The molecule has 2 nitrogen and oxygen atoms in total. The van der Waals surface area contributed by atoms with E-state index in [1.54, 1.807) is 0 Å². The van der Waals surface area contributed by atoms with Crippen LogP contribution in [0.25, 0.3) is 0 Å². The van der Waals surface area contributed by atoms with Crippen molar-refractivity contribution >= 4 is 23.2 Å². The van der Waals surface area contributed by atoms with E-state index in [1.807, 2.05) is 19.1 Å². The van der Waals surface area contributed by atoms with Gasteiger partial charge in [0, 0.05) is 17.1 Å². The predicted molar refractivity (Wildman–Crippen MR) is 92.4 cm³/mol. The maximum Gasteiger partial charge on any atom is 0.0931 e. The van der Waals surface area contributed by atoms with E-state index < -0.39 is 6.10 Å². The fourth-order valence-corrected chi connectivity index (χ4v) is 2.84. The highest BCUT2D eigenvalue weighted by Crippen LogP contribution is 2.31. The highest BCUT2D eigenvalue weighted by molar-refractivity contribution is 6.36. The maximum absolute atomic E-state index is 10.5. The molecule has 1 atom stereocenters. The number of unbranched alkanes of at least 4 members (excludes halogenated alkanes) is 2. The fourth-order valence-electron chi connectivity index (χ4n) is 2.34. The van der Waals surface area contributed by atoms with Gasteiger partial charge in [0.15, 0.2) is 0 Å². The molecule has 0 radical (unpaired) electrons. The molecule has 1 rings (SSSR count). The molecule has 0 aliphatic heterocycles. The zero-order valence-electron chi connectivity index (χ0n) is 13.3. The molecule has 1 aromatic rings. The minimum Gasteiger partial charge on any atom is -0.387 e. The van der Waals surface area contributed by atoms with E-state index in [-0.39, 0.29) is 0 Å². The Morgan fingerprint density at radius 1 is 1.10 bits per heavy atom. The van der Waals surface area contributed by atoms with Gasteiger partial charge in [-0.3, -0.25) is 0 Å². The lowest BCUT2D eigenvalue weighted by molar-refractivity contribution is 0.111. The van der Waals surface area contributed by atoms with Crippen molar-refractivity contribution in [2.45, 2.75) is 52.6 Å². The van der Waals surface area contributed by atoms with Crippen LogP contribution in [0.1, 0.15) is 56.8 Å². The van der Waals surface area contributed by atoms with Crippen LogP contribution in [0.15, 0.2) is 12.1 Å². The van der Waals surface area contributed by atoms with Gasteiger partial charge in [0.2, 0.25) is 0 Å². The summed E-state index contributed by atoms with van der Waals surface area (Å²) < 4.78 is 0. The van der Waals surface area contributed by atoms with E-state index in [0.717, 1.165) is 37.1 Å². The van der Waals surface area contributed by atoms with Crippen molar-refractivity contribution in [2.24, 2.45) is 0 Å². The van der Waals surface area contributed by atoms with Crippen LogP contribution in [0.2, 0.25) is 10.0 Å². The minimum atomic E-state index is -0.567. The van der Waals surface area contributed by atoms with E-state index in [2.05, 4.69) is 18.7 Å². The number of hydrogen-bond donors (Lipinski definition) is 1. The third-order valence-electron chi connectivity index (χ3n) is 3.80. The summed E-state index contributed by atoms with van der Waals surface area (Å²) in [4.78, 5) is 2.33. The van der Waals surface area contributed by atoms with Gasteiger partial charge >= 0.3 is 0 Å². The third-order valence-corrected chi connectivity index (χ3v) is 4.71. The van der Waals surface area contributed by atoms with E-state index in [4.69, 9.17) is 23.2 Å². The molecule has 0 saturated heterocycles. The van der Waals surface area contributed by atoms with E-state index >= 15 is 0 Å². The summed E-state index contributed by atoms with van der Waals surface area (Å²) in [6, 6.07) is 3.64. The fraction of sp³-hybridized carbons (Fsp3) is 0.647. The number of aliphatic hydroxyl groups excluding tert-OH is 1. The summed E-state index contributed by atoms with van der Waals surface area (Å²) in [5.74, 6) is 0. The molecule has 0 saturated carbocycles. The van der Waals surface area contributed by atoms with E-state index in [9.17, 15) is 5.11 Å². The van der Waals surface area contributed by atoms with E-state index in [0.29, 0.717) is 16.6 Å². The van der Waals surface area contributed by atoms with Gasteiger partial charge in [-0.15, -0.1) is 0 Å². The first-order valence-electron chi connectivity index (χ1n) is 7.86. The lowest BCUT2D eigenvalue weighted by Gasteiger charge is -2.25. The van der Waals surface area contributed by atoms with Crippen LogP contribution < -0.4 is 0 Å². The number of rotatable bonds is 9. The molecule has 120 valence electrons. The van der Waals surface area contributed by atoms with Gasteiger partial charge in [-0.05, 0) is 44.5 Å². The molecule has 21 heavy (non-hydrogen) atoms. The van der Waals surface area contributed by atoms with Gasteiger partial charge in [0.1, 0.15) is 0 Å².